The monoisotopic (exact) mass is 571 g/mol. The maximum absolute atomic E-state index is 14.0. The predicted molar refractivity (Wildman–Crippen MR) is 153 cm³/mol. The van der Waals surface area contributed by atoms with Crippen molar-refractivity contribution >= 4 is 39.1 Å². The van der Waals surface area contributed by atoms with Gasteiger partial charge in [-0.3, -0.25) is 13.9 Å². The van der Waals surface area contributed by atoms with Gasteiger partial charge in [-0.05, 0) is 56.2 Å². The van der Waals surface area contributed by atoms with Crippen molar-refractivity contribution in [1.29, 1.82) is 0 Å². The highest BCUT2D eigenvalue weighted by Crippen LogP contribution is 2.32. The summed E-state index contributed by atoms with van der Waals surface area (Å²) in [4.78, 5) is 28.5. The van der Waals surface area contributed by atoms with Crippen LogP contribution in [0.5, 0.6) is 5.75 Å². The van der Waals surface area contributed by atoms with Crippen molar-refractivity contribution in [3.05, 3.63) is 89.4 Å². The number of rotatable bonds is 12. The second kappa shape index (κ2) is 13.5. The standard InChI is InChI=1S/C29H34ClN3O5S/c1-5-21(2)31-29(35)22(3)32(19-23-13-9-10-16-25(23)30)28(34)20-33(26-17-11-12-18-27(26)38-4)39(36,37)24-14-7-6-8-15-24/h6-18,21-22H,5,19-20H2,1-4H3,(H,31,35)/t21-,22+/m0/s1. The molecule has 0 radical (unpaired) electrons. The quantitative estimate of drug-likeness (QED) is 0.334. The van der Waals surface area contributed by atoms with Gasteiger partial charge in [-0.2, -0.15) is 0 Å². The van der Waals surface area contributed by atoms with Gasteiger partial charge in [-0.1, -0.05) is 67.1 Å². The van der Waals surface area contributed by atoms with Crippen LogP contribution in [0, 0.1) is 0 Å². The molecule has 0 aliphatic carbocycles. The lowest BCUT2D eigenvalue weighted by Gasteiger charge is -2.33. The molecule has 39 heavy (non-hydrogen) atoms. The molecule has 0 spiro atoms. The highest BCUT2D eigenvalue weighted by molar-refractivity contribution is 7.92. The van der Waals surface area contributed by atoms with E-state index >= 15 is 0 Å². The summed E-state index contributed by atoms with van der Waals surface area (Å²) in [6.07, 6.45) is 0.716. The van der Waals surface area contributed by atoms with Crippen LogP contribution in [0.3, 0.4) is 0 Å². The number of carbonyl (C=O) groups excluding carboxylic acids is 2. The van der Waals surface area contributed by atoms with Gasteiger partial charge in [0.1, 0.15) is 18.3 Å². The first kappa shape index (κ1) is 30.0. The van der Waals surface area contributed by atoms with E-state index in [4.69, 9.17) is 16.3 Å². The van der Waals surface area contributed by atoms with Crippen molar-refractivity contribution in [3.8, 4) is 5.75 Å². The molecule has 0 aromatic heterocycles. The Hall–Kier alpha value is -3.56. The van der Waals surface area contributed by atoms with Crippen molar-refractivity contribution in [2.75, 3.05) is 18.0 Å². The molecule has 1 N–H and O–H groups in total. The van der Waals surface area contributed by atoms with E-state index in [1.165, 1.54) is 24.1 Å². The van der Waals surface area contributed by atoms with Crippen LogP contribution in [0.1, 0.15) is 32.8 Å². The molecule has 2 amide bonds. The van der Waals surface area contributed by atoms with E-state index in [0.29, 0.717) is 17.0 Å². The number of nitrogens with one attached hydrogen (secondary N) is 1. The summed E-state index contributed by atoms with van der Waals surface area (Å²) < 4.78 is 34.2. The van der Waals surface area contributed by atoms with E-state index in [1.807, 2.05) is 13.8 Å². The summed E-state index contributed by atoms with van der Waals surface area (Å²) in [6.45, 7) is 4.88. The molecule has 8 nitrogen and oxygen atoms in total. The topological polar surface area (TPSA) is 96.0 Å². The number of amides is 2. The third-order valence-electron chi connectivity index (χ3n) is 6.43. The fourth-order valence-electron chi connectivity index (χ4n) is 3.93. The number of benzene rings is 3. The number of para-hydroxylation sites is 2. The van der Waals surface area contributed by atoms with E-state index in [-0.39, 0.29) is 34.8 Å². The highest BCUT2D eigenvalue weighted by atomic mass is 35.5. The lowest BCUT2D eigenvalue weighted by Crippen LogP contribution is -2.52. The Balaban J connectivity index is 2.06. The van der Waals surface area contributed by atoms with Crippen LogP contribution < -0.4 is 14.4 Å². The molecule has 208 valence electrons. The van der Waals surface area contributed by atoms with Crippen LogP contribution in [0.2, 0.25) is 5.02 Å². The van der Waals surface area contributed by atoms with Crippen LogP contribution >= 0.6 is 11.6 Å². The van der Waals surface area contributed by atoms with Crippen LogP contribution in [0.4, 0.5) is 5.69 Å². The van der Waals surface area contributed by atoms with Gasteiger partial charge in [0, 0.05) is 17.6 Å². The summed E-state index contributed by atoms with van der Waals surface area (Å²) in [5.41, 5.74) is 0.831. The number of hydrogen-bond donors (Lipinski definition) is 1. The molecule has 0 saturated heterocycles. The number of methoxy groups -OCH3 is 1. The maximum Gasteiger partial charge on any atom is 0.264 e. The zero-order chi connectivity index (χ0) is 28.6. The summed E-state index contributed by atoms with van der Waals surface area (Å²) in [6, 6.07) is 20.5. The van der Waals surface area contributed by atoms with E-state index in [2.05, 4.69) is 5.32 Å². The Morgan fingerprint density at radius 2 is 1.56 bits per heavy atom. The molecule has 0 saturated carbocycles. The number of hydrogen-bond acceptors (Lipinski definition) is 5. The Kier molecular flexibility index (Phi) is 10.4. The highest BCUT2D eigenvalue weighted by Gasteiger charge is 2.34. The Labute approximate surface area is 235 Å². The van der Waals surface area contributed by atoms with Gasteiger partial charge in [-0.25, -0.2) is 8.42 Å². The number of ether oxygens (including phenoxy) is 1. The minimum atomic E-state index is -4.19. The predicted octanol–water partition coefficient (Wildman–Crippen LogP) is 4.88. The number of anilines is 1. The van der Waals surface area contributed by atoms with Crippen LogP contribution in [-0.2, 0) is 26.2 Å². The fraction of sp³-hybridized carbons (Fsp3) is 0.310. The average molecular weight is 572 g/mol. The first-order valence-electron chi connectivity index (χ1n) is 12.6. The largest absolute Gasteiger partial charge is 0.495 e. The Morgan fingerprint density at radius 1 is 0.949 bits per heavy atom. The van der Waals surface area contributed by atoms with E-state index in [1.54, 1.807) is 73.7 Å². The maximum atomic E-state index is 14.0. The van der Waals surface area contributed by atoms with Gasteiger partial charge in [0.2, 0.25) is 11.8 Å². The number of nitrogens with zero attached hydrogens (tertiary/aromatic N) is 2. The lowest BCUT2D eigenvalue weighted by atomic mass is 10.1. The summed E-state index contributed by atoms with van der Waals surface area (Å²) >= 11 is 6.40. The van der Waals surface area contributed by atoms with E-state index in [0.717, 1.165) is 4.31 Å². The molecule has 3 aromatic carbocycles. The van der Waals surface area contributed by atoms with Crippen LogP contribution in [-0.4, -0.2) is 50.9 Å². The van der Waals surface area contributed by atoms with Crippen LogP contribution in [0.25, 0.3) is 0 Å². The minimum Gasteiger partial charge on any atom is -0.495 e. The van der Waals surface area contributed by atoms with Crippen LogP contribution in [0.15, 0.2) is 83.8 Å². The molecular weight excluding hydrogens is 538 g/mol. The van der Waals surface area contributed by atoms with Gasteiger partial charge in [0.05, 0.1) is 17.7 Å². The second-order valence-electron chi connectivity index (χ2n) is 9.10. The first-order chi connectivity index (χ1) is 18.6. The molecule has 3 rings (SSSR count). The summed E-state index contributed by atoms with van der Waals surface area (Å²) in [5, 5.41) is 3.34. The van der Waals surface area contributed by atoms with Gasteiger partial charge in [-0.15, -0.1) is 0 Å². The Bertz CT molecular complexity index is 1380. The number of sulfonamides is 1. The lowest BCUT2D eigenvalue weighted by molar-refractivity contribution is -0.139. The summed E-state index contributed by atoms with van der Waals surface area (Å²) in [7, 11) is -2.76. The second-order valence-corrected chi connectivity index (χ2v) is 11.4. The van der Waals surface area contributed by atoms with E-state index in [9.17, 15) is 18.0 Å². The van der Waals surface area contributed by atoms with E-state index < -0.39 is 28.5 Å². The van der Waals surface area contributed by atoms with Crippen molar-refractivity contribution < 1.29 is 22.7 Å². The molecule has 0 aliphatic heterocycles. The average Bonchev–Trinajstić information content (AvgIpc) is 2.95. The molecule has 10 heteroatoms. The molecule has 2 atom stereocenters. The third-order valence-corrected chi connectivity index (χ3v) is 8.57. The summed E-state index contributed by atoms with van der Waals surface area (Å²) in [5.74, 6) is -0.642. The van der Waals surface area contributed by atoms with Crippen molar-refractivity contribution in [2.45, 2.75) is 50.7 Å². The van der Waals surface area contributed by atoms with Crippen molar-refractivity contribution in [2.24, 2.45) is 0 Å². The normalized spacial score (nSPS) is 12.7. The van der Waals surface area contributed by atoms with Gasteiger partial charge in [0.15, 0.2) is 0 Å². The number of halogens is 1. The molecular formula is C29H34ClN3O5S. The molecule has 0 aliphatic rings. The smallest absolute Gasteiger partial charge is 0.264 e. The first-order valence-corrected chi connectivity index (χ1v) is 14.5. The molecule has 3 aromatic rings. The van der Waals surface area contributed by atoms with Gasteiger partial charge < -0.3 is 15.0 Å². The molecule has 0 bridgehead atoms. The zero-order valence-electron chi connectivity index (χ0n) is 22.5. The fourth-order valence-corrected chi connectivity index (χ4v) is 5.57. The minimum absolute atomic E-state index is 0.0126. The molecule has 0 heterocycles. The molecule has 0 fully saturated rings. The third kappa shape index (κ3) is 7.30. The van der Waals surface area contributed by atoms with Crippen molar-refractivity contribution in [3.63, 3.8) is 0 Å². The SMILES string of the molecule is CC[C@H](C)NC(=O)[C@@H](C)N(Cc1ccccc1Cl)C(=O)CN(c1ccccc1OC)S(=O)(=O)c1ccccc1. The van der Waals surface area contributed by atoms with Gasteiger partial charge >= 0.3 is 0 Å². The number of carbonyl (C=O) groups is 2. The van der Waals surface area contributed by atoms with Crippen molar-refractivity contribution in [1.82, 2.24) is 10.2 Å². The van der Waals surface area contributed by atoms with Gasteiger partial charge in [0.25, 0.3) is 10.0 Å². The molecule has 0 unspecified atom stereocenters. The zero-order valence-corrected chi connectivity index (χ0v) is 24.1. The Morgan fingerprint density at radius 3 is 2.21 bits per heavy atom.